The number of nitrogens with one attached hydrogen (secondary N) is 2. The zero-order valence-electron chi connectivity index (χ0n) is 11.5. The van der Waals surface area contributed by atoms with E-state index in [2.05, 4.69) is 10.6 Å². The summed E-state index contributed by atoms with van der Waals surface area (Å²) in [5, 5.41) is 5.26. The summed E-state index contributed by atoms with van der Waals surface area (Å²) in [4.78, 5) is 23.9. The Morgan fingerprint density at radius 2 is 2.00 bits per heavy atom. The van der Waals surface area contributed by atoms with Gasteiger partial charge in [0.2, 0.25) is 0 Å². The molecule has 0 atom stereocenters. The molecular weight excluding hydrogens is 290 g/mol. The number of hydrogen-bond acceptors (Lipinski definition) is 2. The molecule has 1 aliphatic heterocycles. The molecular formula is C16H12F2N2O2. The van der Waals surface area contributed by atoms with Crippen LogP contribution in [-0.2, 0) is 6.42 Å². The number of hydrogen-bond donors (Lipinski definition) is 2. The van der Waals surface area contributed by atoms with E-state index >= 15 is 0 Å². The maximum absolute atomic E-state index is 13.6. The van der Waals surface area contributed by atoms with Crippen LogP contribution in [0.25, 0.3) is 0 Å². The summed E-state index contributed by atoms with van der Waals surface area (Å²) in [7, 11) is 0. The first kappa shape index (κ1) is 14.2. The molecule has 0 saturated carbocycles. The summed E-state index contributed by atoms with van der Waals surface area (Å²) >= 11 is 0. The quantitative estimate of drug-likeness (QED) is 0.895. The first-order chi connectivity index (χ1) is 10.6. The second-order valence-electron chi connectivity index (χ2n) is 4.92. The van der Waals surface area contributed by atoms with E-state index in [0.717, 1.165) is 18.2 Å². The highest BCUT2D eigenvalue weighted by molar-refractivity contribution is 6.06. The minimum Gasteiger partial charge on any atom is -0.352 e. The first-order valence-electron chi connectivity index (χ1n) is 6.73. The van der Waals surface area contributed by atoms with Crippen LogP contribution in [0.15, 0.2) is 36.4 Å². The lowest BCUT2D eigenvalue weighted by atomic mass is 9.98. The second-order valence-corrected chi connectivity index (χ2v) is 4.92. The van der Waals surface area contributed by atoms with Crippen molar-refractivity contribution in [3.05, 3.63) is 64.7 Å². The zero-order chi connectivity index (χ0) is 15.7. The van der Waals surface area contributed by atoms with Crippen molar-refractivity contribution < 1.29 is 18.4 Å². The van der Waals surface area contributed by atoms with E-state index in [1.807, 2.05) is 0 Å². The molecule has 0 saturated heterocycles. The SMILES string of the molecule is O=C(Nc1cccc2c1CCNC2=O)c1cc(F)ccc1F. The summed E-state index contributed by atoms with van der Waals surface area (Å²) < 4.78 is 26.8. The van der Waals surface area contributed by atoms with Gasteiger partial charge in [-0.25, -0.2) is 8.78 Å². The van der Waals surface area contributed by atoms with Crippen molar-refractivity contribution in [3.63, 3.8) is 0 Å². The average molecular weight is 302 g/mol. The molecule has 6 heteroatoms. The van der Waals surface area contributed by atoms with Crippen LogP contribution in [0.5, 0.6) is 0 Å². The van der Waals surface area contributed by atoms with E-state index < -0.39 is 17.5 Å². The lowest BCUT2D eigenvalue weighted by molar-refractivity contribution is 0.0944. The van der Waals surface area contributed by atoms with Gasteiger partial charge in [0.25, 0.3) is 11.8 Å². The highest BCUT2D eigenvalue weighted by atomic mass is 19.1. The van der Waals surface area contributed by atoms with Gasteiger partial charge < -0.3 is 10.6 Å². The van der Waals surface area contributed by atoms with E-state index in [4.69, 9.17) is 0 Å². The molecule has 0 bridgehead atoms. The van der Waals surface area contributed by atoms with Gasteiger partial charge in [-0.3, -0.25) is 9.59 Å². The van der Waals surface area contributed by atoms with E-state index in [9.17, 15) is 18.4 Å². The van der Waals surface area contributed by atoms with E-state index in [0.29, 0.717) is 29.8 Å². The number of carbonyl (C=O) groups excluding carboxylic acids is 2. The van der Waals surface area contributed by atoms with Crippen molar-refractivity contribution >= 4 is 17.5 Å². The molecule has 2 aromatic rings. The van der Waals surface area contributed by atoms with Gasteiger partial charge in [0.15, 0.2) is 0 Å². The first-order valence-corrected chi connectivity index (χ1v) is 6.73. The smallest absolute Gasteiger partial charge is 0.258 e. The third-order valence-electron chi connectivity index (χ3n) is 3.50. The van der Waals surface area contributed by atoms with Crippen molar-refractivity contribution in [1.29, 1.82) is 0 Å². The molecule has 0 spiro atoms. The van der Waals surface area contributed by atoms with Gasteiger partial charge >= 0.3 is 0 Å². The molecule has 3 rings (SSSR count). The average Bonchev–Trinajstić information content (AvgIpc) is 2.50. The fraction of sp³-hybridized carbons (Fsp3) is 0.125. The van der Waals surface area contributed by atoms with Gasteiger partial charge in [-0.15, -0.1) is 0 Å². The molecule has 2 N–H and O–H groups in total. The molecule has 2 amide bonds. The Morgan fingerprint density at radius 3 is 2.82 bits per heavy atom. The van der Waals surface area contributed by atoms with Crippen LogP contribution >= 0.6 is 0 Å². The Morgan fingerprint density at radius 1 is 1.18 bits per heavy atom. The number of rotatable bonds is 2. The molecule has 112 valence electrons. The fourth-order valence-electron chi connectivity index (χ4n) is 2.44. The molecule has 1 heterocycles. The van der Waals surface area contributed by atoms with Crippen molar-refractivity contribution in [3.8, 4) is 0 Å². The van der Waals surface area contributed by atoms with Crippen molar-refractivity contribution in [2.75, 3.05) is 11.9 Å². The van der Waals surface area contributed by atoms with Crippen molar-refractivity contribution in [1.82, 2.24) is 5.32 Å². The minimum atomic E-state index is -0.804. The third kappa shape index (κ3) is 2.55. The molecule has 0 aliphatic carbocycles. The van der Waals surface area contributed by atoms with Crippen molar-refractivity contribution in [2.24, 2.45) is 0 Å². The Labute approximate surface area is 125 Å². The molecule has 22 heavy (non-hydrogen) atoms. The number of halogens is 2. The van der Waals surface area contributed by atoms with Gasteiger partial charge in [0, 0.05) is 17.8 Å². The van der Waals surface area contributed by atoms with E-state index in [1.54, 1.807) is 18.2 Å². The monoisotopic (exact) mass is 302 g/mol. The normalized spacial score (nSPS) is 13.3. The van der Waals surface area contributed by atoms with Crippen LogP contribution < -0.4 is 10.6 Å². The van der Waals surface area contributed by atoms with E-state index in [1.165, 1.54) is 0 Å². The van der Waals surface area contributed by atoms with Gasteiger partial charge in [0.1, 0.15) is 11.6 Å². The minimum absolute atomic E-state index is 0.214. The number of anilines is 1. The lowest BCUT2D eigenvalue weighted by Gasteiger charge is -2.20. The molecule has 1 aliphatic rings. The third-order valence-corrected chi connectivity index (χ3v) is 3.50. The molecule has 2 aromatic carbocycles. The summed E-state index contributed by atoms with van der Waals surface area (Å²) in [5.74, 6) is -2.46. The second kappa shape index (κ2) is 5.55. The standard InChI is InChI=1S/C16H12F2N2O2/c17-9-4-5-13(18)12(8-9)16(22)20-14-3-1-2-11-10(14)6-7-19-15(11)21/h1-5,8H,6-7H2,(H,19,21)(H,20,22). The largest absolute Gasteiger partial charge is 0.352 e. The van der Waals surface area contributed by atoms with E-state index in [-0.39, 0.29) is 11.5 Å². The summed E-state index contributed by atoms with van der Waals surface area (Å²) in [6.45, 7) is 0.465. The fourth-order valence-corrected chi connectivity index (χ4v) is 2.44. The molecule has 4 nitrogen and oxygen atoms in total. The predicted octanol–water partition coefficient (Wildman–Crippen LogP) is 2.50. The Bertz CT molecular complexity index is 775. The molecule has 0 radical (unpaired) electrons. The topological polar surface area (TPSA) is 58.2 Å². The highest BCUT2D eigenvalue weighted by Crippen LogP contribution is 2.24. The zero-order valence-corrected chi connectivity index (χ0v) is 11.5. The summed E-state index contributed by atoms with van der Waals surface area (Å²) in [6, 6.07) is 7.60. The van der Waals surface area contributed by atoms with Crippen LogP contribution in [-0.4, -0.2) is 18.4 Å². The van der Waals surface area contributed by atoms with Crippen LogP contribution in [0.1, 0.15) is 26.3 Å². The Balaban J connectivity index is 1.94. The maximum Gasteiger partial charge on any atom is 0.258 e. The summed E-state index contributed by atoms with van der Waals surface area (Å²) in [5.41, 5.74) is 1.22. The van der Waals surface area contributed by atoms with Crippen LogP contribution in [0, 0.1) is 11.6 Å². The van der Waals surface area contributed by atoms with Crippen LogP contribution in [0.4, 0.5) is 14.5 Å². The predicted molar refractivity (Wildman–Crippen MR) is 76.8 cm³/mol. The van der Waals surface area contributed by atoms with Gasteiger partial charge in [0.05, 0.1) is 5.56 Å². The molecule has 0 unspecified atom stereocenters. The number of benzene rings is 2. The maximum atomic E-state index is 13.6. The van der Waals surface area contributed by atoms with Crippen LogP contribution in [0.3, 0.4) is 0 Å². The van der Waals surface area contributed by atoms with Gasteiger partial charge in [-0.1, -0.05) is 6.07 Å². The lowest BCUT2D eigenvalue weighted by Crippen LogP contribution is -2.32. The number of fused-ring (bicyclic) bond motifs is 1. The van der Waals surface area contributed by atoms with Crippen molar-refractivity contribution in [2.45, 2.75) is 6.42 Å². The van der Waals surface area contributed by atoms with Gasteiger partial charge in [-0.05, 0) is 42.3 Å². The molecule has 0 aromatic heterocycles. The number of amides is 2. The Hall–Kier alpha value is -2.76. The van der Waals surface area contributed by atoms with Gasteiger partial charge in [-0.2, -0.15) is 0 Å². The van der Waals surface area contributed by atoms with Crippen LogP contribution in [0.2, 0.25) is 0 Å². The highest BCUT2D eigenvalue weighted by Gasteiger charge is 2.21. The number of carbonyl (C=O) groups is 2. The summed E-state index contributed by atoms with van der Waals surface area (Å²) in [6.07, 6.45) is 0.559. The Kier molecular flexibility index (Phi) is 3.58. The molecule has 0 fully saturated rings.